The maximum Gasteiger partial charge on any atom is 0.191 e. The Morgan fingerprint density at radius 2 is 1.80 bits per heavy atom. The van der Waals surface area contributed by atoms with Crippen LogP contribution >= 0.6 is 24.0 Å². The minimum absolute atomic E-state index is 0. The summed E-state index contributed by atoms with van der Waals surface area (Å²) in [6.07, 6.45) is 3.85. The second kappa shape index (κ2) is 14.2. The van der Waals surface area contributed by atoms with Crippen LogP contribution in [0, 0.1) is 5.92 Å². The number of ether oxygens (including phenoxy) is 1. The van der Waals surface area contributed by atoms with E-state index in [-0.39, 0.29) is 24.0 Å². The van der Waals surface area contributed by atoms with E-state index in [1.165, 1.54) is 43.6 Å². The second-order valence-corrected chi connectivity index (χ2v) is 8.44. The number of likely N-dealkylation sites (tertiary alicyclic amines) is 1. The molecule has 0 radical (unpaired) electrons. The molecule has 0 saturated carbocycles. The van der Waals surface area contributed by atoms with E-state index >= 15 is 0 Å². The normalized spacial score (nSPS) is 19.3. The van der Waals surface area contributed by atoms with Crippen molar-refractivity contribution in [2.45, 2.75) is 39.3 Å². The Morgan fingerprint density at radius 1 is 1.07 bits per heavy atom. The molecular formula is C23H40IN5O. The lowest BCUT2D eigenvalue weighted by atomic mass is 9.99. The maximum absolute atomic E-state index is 5.44. The summed E-state index contributed by atoms with van der Waals surface area (Å²) in [7, 11) is 1.84. The Balaban J connectivity index is 0.00000320. The molecule has 1 aromatic rings. The van der Waals surface area contributed by atoms with Crippen LogP contribution in [0.25, 0.3) is 0 Å². The minimum Gasteiger partial charge on any atom is -0.379 e. The van der Waals surface area contributed by atoms with Gasteiger partial charge in [-0.05, 0) is 55.9 Å². The highest BCUT2D eigenvalue weighted by molar-refractivity contribution is 14.0. The third-order valence-corrected chi connectivity index (χ3v) is 6.00. The molecular weight excluding hydrogens is 489 g/mol. The topological polar surface area (TPSA) is 52.1 Å². The second-order valence-electron chi connectivity index (χ2n) is 8.44. The van der Waals surface area contributed by atoms with Crippen LogP contribution in [0.5, 0.6) is 0 Å². The molecule has 1 aromatic carbocycles. The number of hydrogen-bond acceptors (Lipinski definition) is 4. The van der Waals surface area contributed by atoms with Gasteiger partial charge in [0.15, 0.2) is 5.96 Å². The lowest BCUT2D eigenvalue weighted by Gasteiger charge is -2.30. The van der Waals surface area contributed by atoms with Gasteiger partial charge in [-0.25, -0.2) is 0 Å². The van der Waals surface area contributed by atoms with Crippen LogP contribution in [0.1, 0.15) is 37.3 Å². The molecule has 0 spiro atoms. The van der Waals surface area contributed by atoms with E-state index in [0.717, 1.165) is 64.2 Å². The fourth-order valence-corrected chi connectivity index (χ4v) is 4.06. The largest absolute Gasteiger partial charge is 0.379 e. The fraction of sp³-hybridized carbons (Fsp3) is 0.696. The van der Waals surface area contributed by atoms with Gasteiger partial charge in [-0.3, -0.25) is 9.89 Å². The molecule has 2 aliphatic heterocycles. The van der Waals surface area contributed by atoms with E-state index < -0.39 is 0 Å². The molecule has 6 nitrogen and oxygen atoms in total. The number of aliphatic imine (C=N–C) groups is 1. The quantitative estimate of drug-likeness (QED) is 0.235. The standard InChI is InChI=1S/C23H39N5O.HI/c1-20-7-11-27(12-8-20)10-4-9-25-23(24-2)26-18-21-5-3-6-22(17-21)19-28-13-15-29-16-14-28;/h3,5-6,17,20H,4,7-16,18-19H2,1-2H3,(H2,24,25,26);1H. The van der Waals surface area contributed by atoms with Crippen molar-refractivity contribution in [1.29, 1.82) is 0 Å². The first-order valence-electron chi connectivity index (χ1n) is 11.3. The Hall–Kier alpha value is -0.900. The van der Waals surface area contributed by atoms with Gasteiger partial charge in [-0.1, -0.05) is 31.2 Å². The molecule has 2 N–H and O–H groups in total. The average Bonchev–Trinajstić information content (AvgIpc) is 2.75. The van der Waals surface area contributed by atoms with E-state index in [4.69, 9.17) is 4.74 Å². The highest BCUT2D eigenvalue weighted by Crippen LogP contribution is 2.15. The summed E-state index contributed by atoms with van der Waals surface area (Å²) in [5, 5.41) is 6.91. The van der Waals surface area contributed by atoms with Crippen LogP contribution in [0.3, 0.4) is 0 Å². The number of benzene rings is 1. The van der Waals surface area contributed by atoms with Crippen LogP contribution in [-0.4, -0.2) is 75.3 Å². The maximum atomic E-state index is 5.44. The number of hydrogen-bond donors (Lipinski definition) is 2. The monoisotopic (exact) mass is 529 g/mol. The summed E-state index contributed by atoms with van der Waals surface area (Å²) in [5.41, 5.74) is 2.66. The van der Waals surface area contributed by atoms with Gasteiger partial charge in [-0.15, -0.1) is 24.0 Å². The molecule has 0 bridgehead atoms. The van der Waals surface area contributed by atoms with Crippen molar-refractivity contribution in [3.8, 4) is 0 Å². The van der Waals surface area contributed by atoms with Gasteiger partial charge in [0.05, 0.1) is 13.2 Å². The molecule has 170 valence electrons. The Labute approximate surface area is 199 Å². The van der Waals surface area contributed by atoms with Gasteiger partial charge in [0.2, 0.25) is 0 Å². The molecule has 0 amide bonds. The zero-order valence-electron chi connectivity index (χ0n) is 18.7. The SMILES string of the molecule is CN=C(NCCCN1CCC(C)CC1)NCc1cccc(CN2CCOCC2)c1.I. The van der Waals surface area contributed by atoms with Gasteiger partial charge in [-0.2, -0.15) is 0 Å². The zero-order valence-corrected chi connectivity index (χ0v) is 21.1. The van der Waals surface area contributed by atoms with Gasteiger partial charge in [0, 0.05) is 39.8 Å². The van der Waals surface area contributed by atoms with Gasteiger partial charge >= 0.3 is 0 Å². The fourth-order valence-electron chi connectivity index (χ4n) is 4.06. The summed E-state index contributed by atoms with van der Waals surface area (Å²) >= 11 is 0. The van der Waals surface area contributed by atoms with Crippen LogP contribution < -0.4 is 10.6 Å². The zero-order chi connectivity index (χ0) is 20.3. The van der Waals surface area contributed by atoms with Crippen LogP contribution in [-0.2, 0) is 17.8 Å². The molecule has 3 rings (SSSR count). The van der Waals surface area contributed by atoms with Crippen LogP contribution in [0.4, 0.5) is 0 Å². The first-order valence-corrected chi connectivity index (χ1v) is 11.3. The summed E-state index contributed by atoms with van der Waals surface area (Å²) in [5.74, 6) is 1.79. The van der Waals surface area contributed by atoms with Gasteiger partial charge in [0.1, 0.15) is 0 Å². The smallest absolute Gasteiger partial charge is 0.191 e. The lowest BCUT2D eigenvalue weighted by Crippen LogP contribution is -2.39. The van der Waals surface area contributed by atoms with E-state index in [1.807, 2.05) is 7.05 Å². The van der Waals surface area contributed by atoms with E-state index in [9.17, 15) is 0 Å². The van der Waals surface area contributed by atoms with Crippen molar-refractivity contribution in [1.82, 2.24) is 20.4 Å². The predicted octanol–water partition coefficient (Wildman–Crippen LogP) is 2.92. The van der Waals surface area contributed by atoms with Crippen molar-refractivity contribution in [3.05, 3.63) is 35.4 Å². The van der Waals surface area contributed by atoms with Crippen molar-refractivity contribution in [3.63, 3.8) is 0 Å². The molecule has 0 aliphatic carbocycles. The third-order valence-electron chi connectivity index (χ3n) is 6.00. The minimum atomic E-state index is 0. The molecule has 30 heavy (non-hydrogen) atoms. The van der Waals surface area contributed by atoms with Crippen molar-refractivity contribution < 1.29 is 4.74 Å². The van der Waals surface area contributed by atoms with Crippen molar-refractivity contribution in [2.24, 2.45) is 10.9 Å². The first kappa shape index (κ1) is 25.4. The molecule has 2 fully saturated rings. The summed E-state index contributed by atoms with van der Waals surface area (Å²) in [6, 6.07) is 8.85. The number of nitrogens with one attached hydrogen (secondary N) is 2. The highest BCUT2D eigenvalue weighted by Gasteiger charge is 2.15. The molecule has 2 saturated heterocycles. The number of halogens is 1. The number of piperidine rings is 1. The van der Waals surface area contributed by atoms with Crippen molar-refractivity contribution in [2.75, 3.05) is 59.5 Å². The van der Waals surface area contributed by atoms with E-state index in [1.54, 1.807) is 0 Å². The summed E-state index contributed by atoms with van der Waals surface area (Å²) in [6.45, 7) is 12.6. The first-order chi connectivity index (χ1) is 14.2. The van der Waals surface area contributed by atoms with E-state index in [2.05, 4.69) is 56.6 Å². The lowest BCUT2D eigenvalue weighted by molar-refractivity contribution is 0.0342. The van der Waals surface area contributed by atoms with Crippen LogP contribution in [0.2, 0.25) is 0 Å². The molecule has 2 aliphatic rings. The number of guanidine groups is 1. The third kappa shape index (κ3) is 9.08. The molecule has 0 unspecified atom stereocenters. The number of rotatable bonds is 8. The van der Waals surface area contributed by atoms with Crippen molar-refractivity contribution >= 4 is 29.9 Å². The number of nitrogens with zero attached hydrogens (tertiary/aromatic N) is 3. The molecule has 2 heterocycles. The van der Waals surface area contributed by atoms with Gasteiger partial charge < -0.3 is 20.3 Å². The Bertz CT molecular complexity index is 628. The molecule has 7 heteroatoms. The Morgan fingerprint density at radius 3 is 2.53 bits per heavy atom. The predicted molar refractivity (Wildman–Crippen MR) is 136 cm³/mol. The number of morpholine rings is 1. The molecule has 0 aromatic heterocycles. The molecule has 0 atom stereocenters. The van der Waals surface area contributed by atoms with E-state index in [0.29, 0.717) is 0 Å². The summed E-state index contributed by atoms with van der Waals surface area (Å²) < 4.78 is 5.44. The Kier molecular flexibility index (Phi) is 12.0. The summed E-state index contributed by atoms with van der Waals surface area (Å²) in [4.78, 5) is 9.43. The van der Waals surface area contributed by atoms with Crippen LogP contribution in [0.15, 0.2) is 29.3 Å². The average molecular weight is 530 g/mol. The highest BCUT2D eigenvalue weighted by atomic mass is 127. The van der Waals surface area contributed by atoms with Gasteiger partial charge in [0.25, 0.3) is 0 Å².